The van der Waals surface area contributed by atoms with Crippen LogP contribution >= 0.6 is 0 Å². The van der Waals surface area contributed by atoms with Crippen molar-refractivity contribution in [3.63, 3.8) is 0 Å². The Morgan fingerprint density at radius 1 is 1.08 bits per heavy atom. The quantitative estimate of drug-likeness (QED) is 0.683. The van der Waals surface area contributed by atoms with Gasteiger partial charge in [0.2, 0.25) is 0 Å². The molecule has 0 N–H and O–H groups in total. The van der Waals surface area contributed by atoms with Crippen LogP contribution in [-0.4, -0.2) is 61.9 Å². The first kappa shape index (κ1) is 15.8. The molecule has 0 unspecified atom stereocenters. The fourth-order valence-corrected chi connectivity index (χ4v) is 3.22. The molecule has 0 spiro atoms. The molecule has 8 heteroatoms. The van der Waals surface area contributed by atoms with E-state index in [2.05, 4.69) is 24.9 Å². The molecule has 1 aromatic carbocycles. The lowest BCUT2D eigenvalue weighted by Crippen LogP contribution is -2.47. The van der Waals surface area contributed by atoms with Crippen molar-refractivity contribution >= 4 is 16.6 Å². The lowest BCUT2D eigenvalue weighted by atomic mass is 10.2. The standard InChI is InChI=1S/C17H21N7O/c1-21-13-19-16-10-14(2-3-15(16)17(21)25)23-7-4-22(5-8-23)6-9-24-12-18-11-20-24/h2-3,10-13H,4-9H2,1H3. The Morgan fingerprint density at radius 3 is 2.68 bits per heavy atom. The van der Waals surface area contributed by atoms with Gasteiger partial charge in [0.25, 0.3) is 5.56 Å². The molecule has 1 aliphatic heterocycles. The van der Waals surface area contributed by atoms with Crippen LogP contribution in [0.15, 0.2) is 42.0 Å². The molecule has 4 rings (SSSR count). The van der Waals surface area contributed by atoms with E-state index in [-0.39, 0.29) is 5.56 Å². The summed E-state index contributed by atoms with van der Waals surface area (Å²) in [6.07, 6.45) is 4.90. The van der Waals surface area contributed by atoms with Crippen molar-refractivity contribution in [2.75, 3.05) is 37.6 Å². The van der Waals surface area contributed by atoms with Gasteiger partial charge < -0.3 is 9.47 Å². The van der Waals surface area contributed by atoms with Gasteiger partial charge in [0.15, 0.2) is 0 Å². The number of hydrogen-bond donors (Lipinski definition) is 0. The highest BCUT2D eigenvalue weighted by molar-refractivity contribution is 5.81. The SMILES string of the molecule is Cn1cnc2cc(N3CCN(CCn4cncn4)CC3)ccc2c1=O. The Balaban J connectivity index is 1.41. The lowest BCUT2D eigenvalue weighted by Gasteiger charge is -2.36. The maximum Gasteiger partial charge on any atom is 0.260 e. The van der Waals surface area contributed by atoms with Crippen molar-refractivity contribution in [2.24, 2.45) is 7.05 Å². The molecular formula is C17H21N7O. The van der Waals surface area contributed by atoms with Gasteiger partial charge in [0, 0.05) is 45.5 Å². The molecule has 1 saturated heterocycles. The first-order valence-electron chi connectivity index (χ1n) is 8.46. The lowest BCUT2D eigenvalue weighted by molar-refractivity contribution is 0.244. The van der Waals surface area contributed by atoms with Gasteiger partial charge in [-0.25, -0.2) is 9.97 Å². The van der Waals surface area contributed by atoms with Gasteiger partial charge in [0.1, 0.15) is 12.7 Å². The number of hydrogen-bond acceptors (Lipinski definition) is 6. The molecule has 130 valence electrons. The van der Waals surface area contributed by atoms with Gasteiger partial charge in [-0.2, -0.15) is 5.10 Å². The van der Waals surface area contributed by atoms with E-state index in [9.17, 15) is 4.79 Å². The summed E-state index contributed by atoms with van der Waals surface area (Å²) in [5.74, 6) is 0. The molecular weight excluding hydrogens is 318 g/mol. The minimum atomic E-state index is -0.00511. The maximum atomic E-state index is 12.1. The topological polar surface area (TPSA) is 72.1 Å². The second-order valence-electron chi connectivity index (χ2n) is 6.35. The van der Waals surface area contributed by atoms with Crippen LogP contribution in [0.1, 0.15) is 0 Å². The second-order valence-corrected chi connectivity index (χ2v) is 6.35. The number of fused-ring (bicyclic) bond motifs is 1. The molecule has 0 amide bonds. The van der Waals surface area contributed by atoms with Gasteiger partial charge >= 0.3 is 0 Å². The maximum absolute atomic E-state index is 12.1. The summed E-state index contributed by atoms with van der Waals surface area (Å²) in [7, 11) is 1.72. The number of anilines is 1. The number of aryl methyl sites for hydroxylation is 1. The molecule has 0 radical (unpaired) electrons. The molecule has 0 atom stereocenters. The van der Waals surface area contributed by atoms with Crippen LogP contribution in [0.2, 0.25) is 0 Å². The van der Waals surface area contributed by atoms with Crippen molar-refractivity contribution in [2.45, 2.75) is 6.54 Å². The number of benzene rings is 1. The number of nitrogens with zero attached hydrogens (tertiary/aromatic N) is 7. The third-order valence-corrected chi connectivity index (χ3v) is 4.75. The van der Waals surface area contributed by atoms with Crippen LogP contribution < -0.4 is 10.5 Å². The van der Waals surface area contributed by atoms with E-state index in [0.29, 0.717) is 5.39 Å². The average molecular weight is 339 g/mol. The highest BCUT2D eigenvalue weighted by Gasteiger charge is 2.17. The molecule has 1 fully saturated rings. The third kappa shape index (κ3) is 3.25. The van der Waals surface area contributed by atoms with E-state index in [1.807, 2.05) is 22.9 Å². The van der Waals surface area contributed by atoms with Gasteiger partial charge in [-0.3, -0.25) is 14.4 Å². The summed E-state index contributed by atoms with van der Waals surface area (Å²) in [6, 6.07) is 5.93. The highest BCUT2D eigenvalue weighted by Crippen LogP contribution is 2.20. The molecule has 0 aliphatic carbocycles. The molecule has 0 saturated carbocycles. The van der Waals surface area contributed by atoms with Crippen molar-refractivity contribution in [3.05, 3.63) is 47.5 Å². The Bertz CT molecular complexity index is 910. The van der Waals surface area contributed by atoms with Gasteiger partial charge in [-0.1, -0.05) is 0 Å². The van der Waals surface area contributed by atoms with E-state index in [1.165, 1.54) is 4.57 Å². The Hall–Kier alpha value is -2.74. The van der Waals surface area contributed by atoms with Crippen LogP contribution in [0.5, 0.6) is 0 Å². The average Bonchev–Trinajstić information content (AvgIpc) is 3.17. The summed E-state index contributed by atoms with van der Waals surface area (Å²) in [5.41, 5.74) is 1.88. The number of aromatic nitrogens is 5. The van der Waals surface area contributed by atoms with E-state index in [1.54, 1.807) is 26.0 Å². The minimum absolute atomic E-state index is 0.00511. The first-order valence-corrected chi connectivity index (χ1v) is 8.46. The van der Waals surface area contributed by atoms with E-state index >= 15 is 0 Å². The predicted octanol–water partition coefficient (Wildman–Crippen LogP) is 0.347. The first-order chi connectivity index (χ1) is 12.2. The zero-order valence-electron chi connectivity index (χ0n) is 14.2. The van der Waals surface area contributed by atoms with Crippen LogP contribution in [0.25, 0.3) is 10.9 Å². The molecule has 1 aliphatic rings. The summed E-state index contributed by atoms with van der Waals surface area (Å²) in [5, 5.41) is 4.81. The van der Waals surface area contributed by atoms with Crippen molar-refractivity contribution in [1.82, 2.24) is 29.2 Å². The predicted molar refractivity (Wildman–Crippen MR) is 95.7 cm³/mol. The number of piperazine rings is 1. The van der Waals surface area contributed by atoms with Crippen molar-refractivity contribution < 1.29 is 0 Å². The molecule has 8 nitrogen and oxygen atoms in total. The minimum Gasteiger partial charge on any atom is -0.369 e. The highest BCUT2D eigenvalue weighted by atomic mass is 16.1. The van der Waals surface area contributed by atoms with Crippen LogP contribution in [0, 0.1) is 0 Å². The van der Waals surface area contributed by atoms with E-state index < -0.39 is 0 Å². The van der Waals surface area contributed by atoms with E-state index in [0.717, 1.165) is 50.5 Å². The van der Waals surface area contributed by atoms with Crippen molar-refractivity contribution in [3.8, 4) is 0 Å². The van der Waals surface area contributed by atoms with Gasteiger partial charge in [-0.05, 0) is 18.2 Å². The number of rotatable bonds is 4. The Labute approximate surface area is 145 Å². The Kier molecular flexibility index (Phi) is 4.19. The zero-order valence-corrected chi connectivity index (χ0v) is 14.2. The molecule has 0 bridgehead atoms. The van der Waals surface area contributed by atoms with Crippen LogP contribution in [0.4, 0.5) is 5.69 Å². The molecule has 2 aromatic heterocycles. The monoisotopic (exact) mass is 339 g/mol. The molecule has 3 heterocycles. The fraction of sp³-hybridized carbons (Fsp3) is 0.412. The normalized spacial score (nSPS) is 15.8. The summed E-state index contributed by atoms with van der Waals surface area (Å²) < 4.78 is 3.37. The largest absolute Gasteiger partial charge is 0.369 e. The van der Waals surface area contributed by atoms with E-state index in [4.69, 9.17) is 0 Å². The summed E-state index contributed by atoms with van der Waals surface area (Å²) in [4.78, 5) is 25.3. The summed E-state index contributed by atoms with van der Waals surface area (Å²) in [6.45, 7) is 5.80. The summed E-state index contributed by atoms with van der Waals surface area (Å²) >= 11 is 0. The van der Waals surface area contributed by atoms with Crippen LogP contribution in [0.3, 0.4) is 0 Å². The second kappa shape index (κ2) is 6.64. The van der Waals surface area contributed by atoms with Gasteiger partial charge in [-0.15, -0.1) is 0 Å². The third-order valence-electron chi connectivity index (χ3n) is 4.75. The van der Waals surface area contributed by atoms with Crippen LogP contribution in [-0.2, 0) is 13.6 Å². The van der Waals surface area contributed by atoms with Crippen molar-refractivity contribution in [1.29, 1.82) is 0 Å². The fourth-order valence-electron chi connectivity index (χ4n) is 3.22. The molecule has 3 aromatic rings. The molecule has 25 heavy (non-hydrogen) atoms. The van der Waals surface area contributed by atoms with Gasteiger partial charge in [0.05, 0.1) is 23.8 Å². The Morgan fingerprint density at radius 2 is 1.92 bits per heavy atom. The zero-order chi connectivity index (χ0) is 17.2. The smallest absolute Gasteiger partial charge is 0.260 e.